The molecule has 0 bridgehead atoms. The Morgan fingerprint density at radius 3 is 2.75 bits per heavy atom. The summed E-state index contributed by atoms with van der Waals surface area (Å²) in [6, 6.07) is 5.42. The number of nitrogens with one attached hydrogen (secondary N) is 1. The van der Waals surface area contributed by atoms with E-state index in [4.69, 9.17) is 4.74 Å². The minimum atomic E-state index is -0.347. The van der Waals surface area contributed by atoms with Crippen LogP contribution in [-0.2, 0) is 11.3 Å². The Morgan fingerprint density at radius 1 is 1.50 bits per heavy atom. The van der Waals surface area contributed by atoms with Gasteiger partial charge in [-0.25, -0.2) is 0 Å². The fourth-order valence-electron chi connectivity index (χ4n) is 2.04. The molecule has 0 amide bonds. The van der Waals surface area contributed by atoms with Crippen LogP contribution in [0.3, 0.4) is 0 Å². The molecule has 20 heavy (non-hydrogen) atoms. The average Bonchev–Trinajstić information content (AvgIpc) is 2.40. The third-order valence-electron chi connectivity index (χ3n) is 3.26. The van der Waals surface area contributed by atoms with Gasteiger partial charge in [0.2, 0.25) is 0 Å². The molecule has 1 aromatic carbocycles. The Bertz CT molecular complexity index is 451. The van der Waals surface area contributed by atoms with Crippen LogP contribution in [0.2, 0.25) is 0 Å². The molecule has 0 aliphatic rings. The molecule has 6 nitrogen and oxygen atoms in total. The lowest BCUT2D eigenvalue weighted by Gasteiger charge is -2.25. The molecule has 1 N–H and O–H groups in total. The minimum absolute atomic E-state index is 0.122. The highest BCUT2D eigenvalue weighted by atomic mass is 16.6. The van der Waals surface area contributed by atoms with E-state index in [0.29, 0.717) is 25.4 Å². The van der Waals surface area contributed by atoms with Gasteiger partial charge in [-0.2, -0.15) is 0 Å². The molecule has 112 valence electrons. The SMILES string of the molecule is CCNc1c(CN(C)C(C)COC)cccc1[N+](=O)[O-]. The average molecular weight is 281 g/mol. The second-order valence-corrected chi connectivity index (χ2v) is 4.82. The molecule has 0 saturated heterocycles. The van der Waals surface area contributed by atoms with Crippen LogP contribution in [-0.4, -0.2) is 43.2 Å². The first-order valence-corrected chi connectivity index (χ1v) is 6.70. The van der Waals surface area contributed by atoms with E-state index in [9.17, 15) is 10.1 Å². The zero-order chi connectivity index (χ0) is 15.1. The highest BCUT2D eigenvalue weighted by Gasteiger charge is 2.19. The summed E-state index contributed by atoms with van der Waals surface area (Å²) in [4.78, 5) is 12.9. The zero-order valence-electron chi connectivity index (χ0n) is 12.5. The fourth-order valence-corrected chi connectivity index (χ4v) is 2.04. The number of methoxy groups -OCH3 is 1. The molecule has 1 atom stereocenters. The van der Waals surface area contributed by atoms with Gasteiger partial charge in [-0.15, -0.1) is 0 Å². The van der Waals surface area contributed by atoms with E-state index in [-0.39, 0.29) is 16.7 Å². The Morgan fingerprint density at radius 2 is 2.20 bits per heavy atom. The highest BCUT2D eigenvalue weighted by molar-refractivity contribution is 5.66. The van der Waals surface area contributed by atoms with E-state index in [2.05, 4.69) is 17.1 Å². The summed E-state index contributed by atoms with van der Waals surface area (Å²) < 4.78 is 5.14. The predicted octanol–water partition coefficient (Wildman–Crippen LogP) is 2.49. The van der Waals surface area contributed by atoms with Gasteiger partial charge in [0.25, 0.3) is 5.69 Å². The molecule has 1 aromatic rings. The van der Waals surface area contributed by atoms with Crippen molar-refractivity contribution in [1.82, 2.24) is 4.90 Å². The van der Waals surface area contributed by atoms with E-state index in [1.54, 1.807) is 13.2 Å². The molecular weight excluding hydrogens is 258 g/mol. The largest absolute Gasteiger partial charge is 0.383 e. The summed E-state index contributed by atoms with van der Waals surface area (Å²) in [5.41, 5.74) is 1.65. The molecule has 1 rings (SSSR count). The first-order chi connectivity index (χ1) is 9.51. The van der Waals surface area contributed by atoms with Crippen molar-refractivity contribution in [2.45, 2.75) is 26.4 Å². The maximum atomic E-state index is 11.1. The third-order valence-corrected chi connectivity index (χ3v) is 3.26. The van der Waals surface area contributed by atoms with Crippen LogP contribution in [0.4, 0.5) is 11.4 Å². The lowest BCUT2D eigenvalue weighted by atomic mass is 10.1. The van der Waals surface area contributed by atoms with Crippen LogP contribution in [0.1, 0.15) is 19.4 Å². The van der Waals surface area contributed by atoms with Crippen molar-refractivity contribution in [3.63, 3.8) is 0 Å². The number of anilines is 1. The number of ether oxygens (including phenoxy) is 1. The Labute approximate surface area is 119 Å². The van der Waals surface area contributed by atoms with Gasteiger partial charge in [0.05, 0.1) is 11.5 Å². The van der Waals surface area contributed by atoms with Gasteiger partial charge in [0, 0.05) is 32.3 Å². The van der Waals surface area contributed by atoms with Gasteiger partial charge >= 0.3 is 0 Å². The smallest absolute Gasteiger partial charge is 0.292 e. The summed E-state index contributed by atoms with van der Waals surface area (Å²) in [5.74, 6) is 0. The molecule has 0 heterocycles. The maximum Gasteiger partial charge on any atom is 0.292 e. The van der Waals surface area contributed by atoms with Crippen molar-refractivity contribution in [2.24, 2.45) is 0 Å². The lowest BCUT2D eigenvalue weighted by molar-refractivity contribution is -0.384. The molecular formula is C14H23N3O3. The van der Waals surface area contributed by atoms with E-state index in [1.807, 2.05) is 20.0 Å². The van der Waals surface area contributed by atoms with Crippen LogP contribution >= 0.6 is 0 Å². The van der Waals surface area contributed by atoms with Crippen molar-refractivity contribution in [1.29, 1.82) is 0 Å². The number of para-hydroxylation sites is 1. The number of likely N-dealkylation sites (N-methyl/N-ethyl adjacent to an activating group) is 1. The molecule has 6 heteroatoms. The van der Waals surface area contributed by atoms with Crippen LogP contribution < -0.4 is 5.32 Å². The van der Waals surface area contributed by atoms with Crippen LogP contribution in [0.25, 0.3) is 0 Å². The quantitative estimate of drug-likeness (QED) is 0.585. The first kappa shape index (κ1) is 16.4. The number of benzene rings is 1. The van der Waals surface area contributed by atoms with E-state index >= 15 is 0 Å². The number of nitrogens with zero attached hydrogens (tertiary/aromatic N) is 2. The van der Waals surface area contributed by atoms with Gasteiger partial charge in [0.15, 0.2) is 0 Å². The highest BCUT2D eigenvalue weighted by Crippen LogP contribution is 2.29. The fraction of sp³-hybridized carbons (Fsp3) is 0.571. The van der Waals surface area contributed by atoms with E-state index < -0.39 is 0 Å². The Kier molecular flexibility index (Phi) is 6.41. The second-order valence-electron chi connectivity index (χ2n) is 4.82. The molecule has 0 aliphatic heterocycles. The third kappa shape index (κ3) is 4.18. The molecule has 1 unspecified atom stereocenters. The van der Waals surface area contributed by atoms with Gasteiger partial charge in [-0.05, 0) is 26.5 Å². The second kappa shape index (κ2) is 7.81. The number of nitro benzene ring substituents is 1. The summed E-state index contributed by atoms with van der Waals surface area (Å²) in [6.45, 7) is 5.90. The standard InChI is InChI=1S/C14H23N3O3/c1-5-15-14-12(7-6-8-13(14)17(18)19)9-16(3)11(2)10-20-4/h6-8,11,15H,5,9-10H2,1-4H3. The number of hydrogen-bond donors (Lipinski definition) is 1. The van der Waals surface area contributed by atoms with Crippen molar-refractivity contribution >= 4 is 11.4 Å². The monoisotopic (exact) mass is 281 g/mol. The van der Waals surface area contributed by atoms with Crippen LogP contribution in [0, 0.1) is 10.1 Å². The lowest BCUT2D eigenvalue weighted by Crippen LogP contribution is -2.32. The Hall–Kier alpha value is -1.66. The van der Waals surface area contributed by atoms with Gasteiger partial charge in [-0.1, -0.05) is 12.1 Å². The first-order valence-electron chi connectivity index (χ1n) is 6.70. The molecule has 0 saturated carbocycles. The minimum Gasteiger partial charge on any atom is -0.383 e. The summed E-state index contributed by atoms with van der Waals surface area (Å²) >= 11 is 0. The van der Waals surface area contributed by atoms with Crippen molar-refractivity contribution in [3.8, 4) is 0 Å². The van der Waals surface area contributed by atoms with Crippen LogP contribution in [0.5, 0.6) is 0 Å². The van der Waals surface area contributed by atoms with E-state index in [0.717, 1.165) is 5.56 Å². The molecule has 0 spiro atoms. The maximum absolute atomic E-state index is 11.1. The van der Waals surface area contributed by atoms with Gasteiger partial charge in [-0.3, -0.25) is 15.0 Å². The van der Waals surface area contributed by atoms with Gasteiger partial charge < -0.3 is 10.1 Å². The van der Waals surface area contributed by atoms with Crippen molar-refractivity contribution in [3.05, 3.63) is 33.9 Å². The summed E-state index contributed by atoms with van der Waals surface area (Å²) in [7, 11) is 3.65. The Balaban J connectivity index is 2.99. The summed E-state index contributed by atoms with van der Waals surface area (Å²) in [6.07, 6.45) is 0. The topological polar surface area (TPSA) is 67.6 Å². The number of nitro groups is 1. The molecule has 0 aliphatic carbocycles. The van der Waals surface area contributed by atoms with Crippen molar-refractivity contribution < 1.29 is 9.66 Å². The molecule has 0 radical (unpaired) electrons. The molecule has 0 fully saturated rings. The van der Waals surface area contributed by atoms with Gasteiger partial charge in [0.1, 0.15) is 5.69 Å². The van der Waals surface area contributed by atoms with E-state index in [1.165, 1.54) is 6.07 Å². The van der Waals surface area contributed by atoms with Crippen molar-refractivity contribution in [2.75, 3.05) is 32.6 Å². The normalized spacial score (nSPS) is 12.4. The predicted molar refractivity (Wildman–Crippen MR) is 80.1 cm³/mol. The zero-order valence-corrected chi connectivity index (χ0v) is 12.5. The summed E-state index contributed by atoms with van der Waals surface area (Å²) in [5, 5.41) is 14.2. The molecule has 0 aromatic heterocycles. The number of hydrogen-bond acceptors (Lipinski definition) is 5. The van der Waals surface area contributed by atoms with Crippen LogP contribution in [0.15, 0.2) is 18.2 Å². The number of rotatable bonds is 8.